The fourth-order valence-electron chi connectivity index (χ4n) is 3.27. The Hall–Kier alpha value is -3.75. The number of alkyl halides is 3. The molecule has 0 bridgehead atoms. The summed E-state index contributed by atoms with van der Waals surface area (Å²) in [7, 11) is 1.22. The van der Waals surface area contributed by atoms with E-state index in [-0.39, 0.29) is 36.5 Å². The van der Waals surface area contributed by atoms with Gasteiger partial charge in [0, 0.05) is 11.6 Å². The summed E-state index contributed by atoms with van der Waals surface area (Å²) in [6.45, 7) is 9.30. The number of carbonyl (C=O) groups is 2. The second-order valence-corrected chi connectivity index (χ2v) is 6.91. The molecule has 0 N–H and O–H groups in total. The van der Waals surface area contributed by atoms with E-state index in [2.05, 4.69) is 17.9 Å². The van der Waals surface area contributed by atoms with Gasteiger partial charge in [0.25, 0.3) is 0 Å². The zero-order valence-electron chi connectivity index (χ0n) is 18.9. The highest BCUT2D eigenvalue weighted by molar-refractivity contribution is 6.12. The Bertz CT molecular complexity index is 1040. The smallest absolute Gasteiger partial charge is 0.489 e. The van der Waals surface area contributed by atoms with Gasteiger partial charge >= 0.3 is 12.3 Å². The molecular formula is C25H25F3O6. The van der Waals surface area contributed by atoms with E-state index >= 15 is 0 Å². The number of hydrogen-bond acceptors (Lipinski definition) is 6. The second kappa shape index (κ2) is 11.9. The molecule has 182 valence electrons. The molecule has 0 aliphatic carbocycles. The van der Waals surface area contributed by atoms with Crippen molar-refractivity contribution in [2.75, 3.05) is 20.3 Å². The van der Waals surface area contributed by atoms with Crippen molar-refractivity contribution in [1.82, 2.24) is 0 Å². The molecule has 0 saturated heterocycles. The van der Waals surface area contributed by atoms with Crippen LogP contribution in [-0.4, -0.2) is 38.4 Å². The Morgan fingerprint density at radius 3 is 2.06 bits per heavy atom. The van der Waals surface area contributed by atoms with E-state index < -0.39 is 23.9 Å². The summed E-state index contributed by atoms with van der Waals surface area (Å²) in [5, 5.41) is 0. The van der Waals surface area contributed by atoms with Gasteiger partial charge in [-0.25, -0.2) is 0 Å². The van der Waals surface area contributed by atoms with Crippen molar-refractivity contribution < 1.29 is 41.7 Å². The highest BCUT2D eigenvalue weighted by atomic mass is 19.4. The average molecular weight is 478 g/mol. The number of ether oxygens (including phenoxy) is 4. The molecule has 0 radical (unpaired) electrons. The van der Waals surface area contributed by atoms with Gasteiger partial charge in [-0.2, -0.15) is 0 Å². The Labute approximate surface area is 195 Å². The first-order valence-corrected chi connectivity index (χ1v) is 10.3. The molecule has 0 unspecified atom stereocenters. The zero-order valence-corrected chi connectivity index (χ0v) is 18.9. The summed E-state index contributed by atoms with van der Waals surface area (Å²) in [5.74, 6) is -1.07. The van der Waals surface area contributed by atoms with Crippen molar-refractivity contribution in [3.05, 3.63) is 77.9 Å². The molecule has 0 heterocycles. The number of rotatable bonds is 12. The van der Waals surface area contributed by atoms with Crippen LogP contribution in [0.1, 0.15) is 34.0 Å². The SMILES string of the molecule is C=CCOc1cc(OCC=C)c(C(=O)c2ccc(OC(F)(F)F)cc2)c(CC(=O)OC)c1CC. The number of ketones is 1. The predicted octanol–water partition coefficient (Wildman–Crippen LogP) is 5.22. The third kappa shape index (κ3) is 6.87. The Kier molecular flexibility index (Phi) is 9.29. The van der Waals surface area contributed by atoms with Crippen molar-refractivity contribution in [3.8, 4) is 17.2 Å². The molecule has 0 saturated carbocycles. The van der Waals surface area contributed by atoms with Crippen LogP contribution in [-0.2, 0) is 22.4 Å². The minimum absolute atomic E-state index is 0.0582. The topological polar surface area (TPSA) is 71.1 Å². The number of halogens is 3. The molecule has 34 heavy (non-hydrogen) atoms. The molecular weight excluding hydrogens is 453 g/mol. The molecule has 0 spiro atoms. The normalized spacial score (nSPS) is 10.9. The van der Waals surface area contributed by atoms with E-state index in [9.17, 15) is 22.8 Å². The van der Waals surface area contributed by atoms with Gasteiger partial charge in [-0.05, 0) is 41.8 Å². The van der Waals surface area contributed by atoms with Crippen molar-refractivity contribution in [2.24, 2.45) is 0 Å². The van der Waals surface area contributed by atoms with Gasteiger partial charge in [-0.3, -0.25) is 9.59 Å². The van der Waals surface area contributed by atoms with Crippen LogP contribution in [0, 0.1) is 0 Å². The van der Waals surface area contributed by atoms with Crippen molar-refractivity contribution in [1.29, 1.82) is 0 Å². The van der Waals surface area contributed by atoms with Crippen LogP contribution in [0.3, 0.4) is 0 Å². The fraction of sp³-hybridized carbons (Fsp3) is 0.280. The lowest BCUT2D eigenvalue weighted by Crippen LogP contribution is -2.18. The van der Waals surface area contributed by atoms with Crippen LogP contribution in [0.4, 0.5) is 13.2 Å². The number of carbonyl (C=O) groups excluding carboxylic acids is 2. The first-order chi connectivity index (χ1) is 16.1. The van der Waals surface area contributed by atoms with Crippen LogP contribution < -0.4 is 14.2 Å². The molecule has 6 nitrogen and oxygen atoms in total. The summed E-state index contributed by atoms with van der Waals surface area (Å²) < 4.78 is 57.6. The molecule has 0 aromatic heterocycles. The minimum Gasteiger partial charge on any atom is -0.489 e. The number of esters is 1. The van der Waals surface area contributed by atoms with Crippen molar-refractivity contribution in [2.45, 2.75) is 26.1 Å². The van der Waals surface area contributed by atoms with Gasteiger partial charge in [-0.1, -0.05) is 32.2 Å². The maximum atomic E-state index is 13.5. The van der Waals surface area contributed by atoms with E-state index in [0.717, 1.165) is 12.1 Å². The molecule has 2 rings (SSSR count). The van der Waals surface area contributed by atoms with E-state index in [0.29, 0.717) is 23.3 Å². The first kappa shape index (κ1) is 26.5. The third-order valence-electron chi connectivity index (χ3n) is 4.66. The van der Waals surface area contributed by atoms with Crippen LogP contribution in [0.5, 0.6) is 17.2 Å². The Balaban J connectivity index is 2.68. The molecule has 0 aliphatic heterocycles. The van der Waals surface area contributed by atoms with Gasteiger partial charge < -0.3 is 18.9 Å². The molecule has 0 amide bonds. The lowest BCUT2D eigenvalue weighted by Gasteiger charge is -2.21. The standard InChI is InChI=1S/C25H25F3O6/c1-5-12-32-20-15-21(33-13-6-2)23(19(18(20)7-3)14-22(29)31-4)24(30)16-8-10-17(11-9-16)34-25(26,27)28/h5-6,8-11,15H,1-2,7,12-14H2,3-4H3. The molecule has 0 fully saturated rings. The van der Waals surface area contributed by atoms with Gasteiger partial charge in [0.15, 0.2) is 5.78 Å². The summed E-state index contributed by atoms with van der Waals surface area (Å²) in [5.41, 5.74) is 1.10. The average Bonchev–Trinajstić information content (AvgIpc) is 2.80. The quantitative estimate of drug-likeness (QED) is 0.237. The number of benzene rings is 2. The van der Waals surface area contributed by atoms with Gasteiger partial charge in [0.1, 0.15) is 30.5 Å². The first-order valence-electron chi connectivity index (χ1n) is 10.3. The van der Waals surface area contributed by atoms with Crippen molar-refractivity contribution >= 4 is 11.8 Å². The van der Waals surface area contributed by atoms with Gasteiger partial charge in [0.05, 0.1) is 19.1 Å². The highest BCUT2D eigenvalue weighted by Gasteiger charge is 2.31. The van der Waals surface area contributed by atoms with E-state index in [4.69, 9.17) is 14.2 Å². The zero-order chi connectivity index (χ0) is 25.3. The fourth-order valence-corrected chi connectivity index (χ4v) is 3.27. The van der Waals surface area contributed by atoms with Gasteiger partial charge in [-0.15, -0.1) is 13.2 Å². The molecule has 0 aliphatic rings. The summed E-state index contributed by atoms with van der Waals surface area (Å²) in [4.78, 5) is 25.8. The van der Waals surface area contributed by atoms with E-state index in [1.807, 2.05) is 6.92 Å². The maximum Gasteiger partial charge on any atom is 0.573 e. The summed E-state index contributed by atoms with van der Waals surface area (Å²) in [6.07, 6.45) is -1.66. The molecule has 2 aromatic carbocycles. The largest absolute Gasteiger partial charge is 0.573 e. The minimum atomic E-state index is -4.86. The number of hydrogen-bond donors (Lipinski definition) is 0. The summed E-state index contributed by atoms with van der Waals surface area (Å²) >= 11 is 0. The second-order valence-electron chi connectivity index (χ2n) is 6.91. The van der Waals surface area contributed by atoms with Gasteiger partial charge in [0.2, 0.25) is 0 Å². The molecule has 0 atom stereocenters. The monoisotopic (exact) mass is 478 g/mol. The lowest BCUT2D eigenvalue weighted by atomic mass is 9.90. The Morgan fingerprint density at radius 1 is 0.971 bits per heavy atom. The third-order valence-corrected chi connectivity index (χ3v) is 4.66. The van der Waals surface area contributed by atoms with Crippen molar-refractivity contribution in [3.63, 3.8) is 0 Å². The molecule has 9 heteroatoms. The maximum absolute atomic E-state index is 13.5. The van der Waals surface area contributed by atoms with Crippen LogP contribution in [0.2, 0.25) is 0 Å². The number of methoxy groups -OCH3 is 1. The van der Waals surface area contributed by atoms with E-state index in [1.54, 1.807) is 12.1 Å². The lowest BCUT2D eigenvalue weighted by molar-refractivity contribution is -0.274. The highest BCUT2D eigenvalue weighted by Crippen LogP contribution is 2.37. The Morgan fingerprint density at radius 2 is 1.56 bits per heavy atom. The summed E-state index contributed by atoms with van der Waals surface area (Å²) in [6, 6.07) is 6.02. The predicted molar refractivity (Wildman–Crippen MR) is 119 cm³/mol. The van der Waals surface area contributed by atoms with E-state index in [1.165, 1.54) is 25.3 Å². The van der Waals surface area contributed by atoms with Crippen LogP contribution >= 0.6 is 0 Å². The van der Waals surface area contributed by atoms with Crippen LogP contribution in [0.15, 0.2) is 55.6 Å². The van der Waals surface area contributed by atoms with Crippen LogP contribution in [0.25, 0.3) is 0 Å². The molecule has 2 aromatic rings.